The van der Waals surface area contributed by atoms with E-state index in [0.29, 0.717) is 5.71 Å². The van der Waals surface area contributed by atoms with Gasteiger partial charge >= 0.3 is 0 Å². The topological polar surface area (TPSA) is 46.3 Å². The smallest absolute Gasteiger partial charge is 0.254 e. The Hall–Kier alpha value is -1.51. The van der Waals surface area contributed by atoms with Crippen molar-refractivity contribution in [2.45, 2.75) is 13.8 Å². The third-order valence-electron chi connectivity index (χ3n) is 1.82. The van der Waals surface area contributed by atoms with Crippen LogP contribution in [-0.4, -0.2) is 15.8 Å². The molecule has 1 rings (SSSR count). The molecule has 0 aliphatic heterocycles. The Bertz CT molecular complexity index is 300. The van der Waals surface area contributed by atoms with Gasteiger partial charge in [-0.3, -0.25) is 5.21 Å². The van der Waals surface area contributed by atoms with Crippen LogP contribution in [0.2, 0.25) is 0 Å². The molecule has 0 aliphatic carbocycles. The first-order valence-corrected chi connectivity index (χ1v) is 4.21. The van der Waals surface area contributed by atoms with Crippen molar-refractivity contribution in [3.8, 4) is 0 Å². The highest BCUT2D eigenvalue weighted by molar-refractivity contribution is 5.97. The summed E-state index contributed by atoms with van der Waals surface area (Å²) in [6.07, 6.45) is 0. The highest BCUT2D eigenvalue weighted by Gasteiger charge is 2.17. The minimum atomic E-state index is -0.0556. The largest absolute Gasteiger partial charge is 0.417 e. The van der Waals surface area contributed by atoms with Crippen LogP contribution in [0.1, 0.15) is 19.4 Å². The van der Waals surface area contributed by atoms with Gasteiger partial charge in [-0.25, -0.2) is 0 Å². The molecule has 0 saturated heterocycles. The fourth-order valence-electron chi connectivity index (χ4n) is 1.27. The Balaban J connectivity index is 3.12. The summed E-state index contributed by atoms with van der Waals surface area (Å²) in [4.78, 5) is -0.0556. The van der Waals surface area contributed by atoms with Crippen molar-refractivity contribution >= 4 is 5.71 Å². The molecule has 0 bridgehead atoms. The van der Waals surface area contributed by atoms with Gasteiger partial charge in [0.25, 0.3) is 5.71 Å². The van der Waals surface area contributed by atoms with E-state index >= 15 is 0 Å². The Morgan fingerprint density at radius 2 is 1.85 bits per heavy atom. The van der Waals surface area contributed by atoms with Crippen molar-refractivity contribution in [2.75, 3.05) is 0 Å². The van der Waals surface area contributed by atoms with E-state index < -0.39 is 0 Å². The average molecular weight is 179 g/mol. The van der Waals surface area contributed by atoms with Crippen LogP contribution in [0.15, 0.2) is 30.3 Å². The lowest BCUT2D eigenvalue weighted by Crippen LogP contribution is -2.19. The number of benzene rings is 1. The van der Waals surface area contributed by atoms with Gasteiger partial charge < -0.3 is 5.21 Å². The van der Waals surface area contributed by atoms with Gasteiger partial charge in [0, 0.05) is 16.4 Å². The van der Waals surface area contributed by atoms with Gasteiger partial charge in [-0.2, -0.15) is 0 Å². The third kappa shape index (κ3) is 2.21. The van der Waals surface area contributed by atoms with Crippen molar-refractivity contribution in [1.82, 2.24) is 0 Å². The zero-order valence-electron chi connectivity index (χ0n) is 7.77. The molecule has 0 unspecified atom stereocenters. The monoisotopic (exact) mass is 179 g/mol. The van der Waals surface area contributed by atoms with Gasteiger partial charge in [-0.15, -0.1) is 0 Å². The fraction of sp³-hybridized carbons (Fsp3) is 0.300. The maximum atomic E-state index is 10.8. The SMILES string of the molecule is CC(C)/C(c1ccccc1)=[N+](/[O-])O. The van der Waals surface area contributed by atoms with Crippen LogP contribution >= 0.6 is 0 Å². The predicted octanol–water partition coefficient (Wildman–Crippen LogP) is 2.03. The Morgan fingerprint density at radius 3 is 2.23 bits per heavy atom. The molecule has 0 atom stereocenters. The van der Waals surface area contributed by atoms with Crippen LogP contribution in [0.25, 0.3) is 0 Å². The molecule has 0 amide bonds. The normalized spacial score (nSPS) is 12.8. The van der Waals surface area contributed by atoms with E-state index in [1.807, 2.05) is 32.0 Å². The molecule has 0 fully saturated rings. The van der Waals surface area contributed by atoms with Gasteiger partial charge in [0.15, 0.2) is 0 Å². The van der Waals surface area contributed by atoms with E-state index in [4.69, 9.17) is 5.21 Å². The summed E-state index contributed by atoms with van der Waals surface area (Å²) >= 11 is 0. The lowest BCUT2D eigenvalue weighted by molar-refractivity contribution is -0.727. The lowest BCUT2D eigenvalue weighted by Gasteiger charge is -2.05. The van der Waals surface area contributed by atoms with E-state index in [-0.39, 0.29) is 10.8 Å². The number of rotatable bonds is 2. The molecular formula is C10H13NO2. The van der Waals surface area contributed by atoms with Crippen molar-refractivity contribution in [3.05, 3.63) is 41.1 Å². The first kappa shape index (κ1) is 9.58. The summed E-state index contributed by atoms with van der Waals surface area (Å²) in [7, 11) is 0. The van der Waals surface area contributed by atoms with Crippen molar-refractivity contribution in [2.24, 2.45) is 5.92 Å². The average Bonchev–Trinajstić information content (AvgIpc) is 2.04. The second kappa shape index (κ2) is 3.94. The number of hydrogen-bond donors (Lipinski definition) is 1. The van der Waals surface area contributed by atoms with E-state index in [9.17, 15) is 5.21 Å². The van der Waals surface area contributed by atoms with Gasteiger partial charge in [0.05, 0.1) is 0 Å². The minimum Gasteiger partial charge on any atom is -0.417 e. The standard InChI is InChI=1S/C10H13NO2/c1-8(2)10(11(12)13)9-6-4-3-5-7-9/h3-8H,1-2H3,(H,12,13). The molecule has 70 valence electrons. The summed E-state index contributed by atoms with van der Waals surface area (Å²) in [5.74, 6) is 0.00454. The quantitative estimate of drug-likeness (QED) is 0.327. The maximum Gasteiger partial charge on any atom is 0.254 e. The zero-order valence-corrected chi connectivity index (χ0v) is 7.77. The highest BCUT2D eigenvalue weighted by atomic mass is 16.8. The van der Waals surface area contributed by atoms with Crippen LogP contribution in [0, 0.1) is 11.1 Å². The van der Waals surface area contributed by atoms with Crippen LogP contribution < -0.4 is 0 Å². The molecule has 0 saturated carbocycles. The van der Waals surface area contributed by atoms with Crippen LogP contribution in [0.5, 0.6) is 0 Å². The first-order chi connectivity index (χ1) is 6.13. The molecule has 1 N–H and O–H groups in total. The molecular weight excluding hydrogens is 166 g/mol. The third-order valence-corrected chi connectivity index (χ3v) is 1.82. The summed E-state index contributed by atoms with van der Waals surface area (Å²) in [6.45, 7) is 3.73. The second-order valence-electron chi connectivity index (χ2n) is 3.18. The molecule has 3 nitrogen and oxygen atoms in total. The van der Waals surface area contributed by atoms with Gasteiger partial charge in [0.1, 0.15) is 0 Å². The van der Waals surface area contributed by atoms with E-state index in [1.54, 1.807) is 12.1 Å². The van der Waals surface area contributed by atoms with Gasteiger partial charge in [-0.1, -0.05) is 32.0 Å². The molecule has 1 aromatic rings. The molecule has 3 heteroatoms. The van der Waals surface area contributed by atoms with Gasteiger partial charge in [-0.05, 0) is 12.1 Å². The van der Waals surface area contributed by atoms with Gasteiger partial charge in [0.2, 0.25) is 0 Å². The number of nitrogens with zero attached hydrogens (tertiary/aromatic N) is 1. The molecule has 0 aliphatic rings. The molecule has 0 aromatic heterocycles. The maximum absolute atomic E-state index is 10.8. The summed E-state index contributed by atoms with van der Waals surface area (Å²) in [5, 5.41) is 19.7. The summed E-state index contributed by atoms with van der Waals surface area (Å²) in [6, 6.07) is 9.14. The van der Waals surface area contributed by atoms with Crippen LogP contribution in [0.4, 0.5) is 0 Å². The summed E-state index contributed by atoms with van der Waals surface area (Å²) < 4.78 is 0. The molecule has 1 aromatic carbocycles. The minimum absolute atomic E-state index is 0.00454. The molecule has 0 radical (unpaired) electrons. The Labute approximate surface area is 77.5 Å². The highest BCUT2D eigenvalue weighted by Crippen LogP contribution is 2.08. The van der Waals surface area contributed by atoms with Crippen molar-refractivity contribution in [1.29, 1.82) is 0 Å². The Morgan fingerprint density at radius 1 is 1.31 bits per heavy atom. The zero-order chi connectivity index (χ0) is 9.84. The fourth-order valence-corrected chi connectivity index (χ4v) is 1.27. The van der Waals surface area contributed by atoms with Crippen LogP contribution in [0.3, 0.4) is 0 Å². The summed E-state index contributed by atoms with van der Waals surface area (Å²) in [5.41, 5.74) is 1.15. The van der Waals surface area contributed by atoms with E-state index in [0.717, 1.165) is 5.56 Å². The predicted molar refractivity (Wildman–Crippen MR) is 50.8 cm³/mol. The lowest BCUT2D eigenvalue weighted by atomic mass is 10.0. The molecule has 0 heterocycles. The van der Waals surface area contributed by atoms with Crippen LogP contribution in [-0.2, 0) is 0 Å². The first-order valence-electron chi connectivity index (χ1n) is 4.21. The van der Waals surface area contributed by atoms with Crippen molar-refractivity contribution in [3.63, 3.8) is 0 Å². The van der Waals surface area contributed by atoms with Crippen molar-refractivity contribution < 1.29 is 10.1 Å². The van der Waals surface area contributed by atoms with E-state index in [2.05, 4.69) is 0 Å². The Kier molecular flexibility index (Phi) is 2.90. The second-order valence-corrected chi connectivity index (χ2v) is 3.18. The molecule has 13 heavy (non-hydrogen) atoms. The van der Waals surface area contributed by atoms with E-state index in [1.165, 1.54) is 0 Å². The molecule has 0 spiro atoms. The number of hydrogen-bond acceptors (Lipinski definition) is 2.